The molecule has 1 fully saturated rings. The van der Waals surface area contributed by atoms with Crippen LogP contribution in [0.3, 0.4) is 0 Å². The first-order chi connectivity index (χ1) is 12.5. The van der Waals surface area contributed by atoms with Crippen LogP contribution in [0, 0.1) is 18.6 Å². The van der Waals surface area contributed by atoms with E-state index < -0.39 is 23.6 Å². The molecule has 0 bridgehead atoms. The van der Waals surface area contributed by atoms with Crippen LogP contribution in [-0.2, 0) is 0 Å². The van der Waals surface area contributed by atoms with Crippen molar-refractivity contribution in [2.45, 2.75) is 45.2 Å². The molecule has 1 saturated heterocycles. The number of benzene rings is 1. The van der Waals surface area contributed by atoms with Crippen molar-refractivity contribution in [2.75, 3.05) is 13.1 Å². The minimum atomic E-state index is -0.637. The van der Waals surface area contributed by atoms with Crippen LogP contribution in [0.5, 0.6) is 0 Å². The van der Waals surface area contributed by atoms with Gasteiger partial charge >= 0.3 is 0 Å². The molecule has 8 heteroatoms. The molecule has 0 spiro atoms. The van der Waals surface area contributed by atoms with E-state index in [9.17, 15) is 13.6 Å². The highest BCUT2D eigenvalue weighted by molar-refractivity contribution is 5.93. The average Bonchev–Trinajstić information content (AvgIpc) is 3.04. The number of nitrogens with zero attached hydrogens (tertiary/aromatic N) is 3. The molecule has 0 saturated carbocycles. The van der Waals surface area contributed by atoms with Gasteiger partial charge in [0.05, 0.1) is 17.8 Å². The molecule has 26 heavy (non-hydrogen) atoms. The molecular weight excluding hydrogens is 340 g/mol. The van der Waals surface area contributed by atoms with Crippen molar-refractivity contribution in [3.05, 3.63) is 46.8 Å². The third-order valence-electron chi connectivity index (χ3n) is 4.84. The van der Waals surface area contributed by atoms with E-state index >= 15 is 0 Å². The van der Waals surface area contributed by atoms with E-state index in [1.165, 1.54) is 0 Å². The summed E-state index contributed by atoms with van der Waals surface area (Å²) in [5, 5.41) is 14.2. The maximum absolute atomic E-state index is 14.0. The lowest BCUT2D eigenvalue weighted by molar-refractivity contribution is 0.0929. The fourth-order valence-corrected chi connectivity index (χ4v) is 3.36. The first-order valence-electron chi connectivity index (χ1n) is 8.89. The Kier molecular flexibility index (Phi) is 5.61. The van der Waals surface area contributed by atoms with Crippen LogP contribution in [0.1, 0.15) is 60.0 Å². The number of nitrogens with one attached hydrogen (secondary N) is 2. The summed E-state index contributed by atoms with van der Waals surface area (Å²) < 4.78 is 29.3. The van der Waals surface area contributed by atoms with Crippen molar-refractivity contribution in [3.8, 4) is 0 Å². The van der Waals surface area contributed by atoms with E-state index in [0.29, 0.717) is 12.1 Å². The van der Waals surface area contributed by atoms with E-state index in [1.54, 1.807) is 18.5 Å². The van der Waals surface area contributed by atoms with Crippen molar-refractivity contribution in [2.24, 2.45) is 0 Å². The highest BCUT2D eigenvalue weighted by Crippen LogP contribution is 2.23. The van der Waals surface area contributed by atoms with E-state index in [4.69, 9.17) is 0 Å². The van der Waals surface area contributed by atoms with Crippen LogP contribution in [0.2, 0.25) is 0 Å². The first kappa shape index (κ1) is 18.4. The quantitative estimate of drug-likeness (QED) is 0.857. The summed E-state index contributed by atoms with van der Waals surface area (Å²) in [7, 11) is 0. The molecule has 1 aromatic carbocycles. The maximum Gasteiger partial charge on any atom is 0.274 e. The number of carbonyl (C=O) groups is 1. The monoisotopic (exact) mass is 363 g/mol. The number of halogens is 2. The first-order valence-corrected chi connectivity index (χ1v) is 8.89. The van der Waals surface area contributed by atoms with Crippen LogP contribution in [-0.4, -0.2) is 34.0 Å². The second-order valence-electron chi connectivity index (χ2n) is 6.55. The third kappa shape index (κ3) is 3.75. The standard InChI is InChI=1S/C18H23F2N5O/c1-3-16(14-10-12(19)4-5-15(14)20)22-18(26)17-11(2)25(24-23-17)13-6-8-21-9-7-13/h4-5,10,13,16,21H,3,6-9H2,1-2H3,(H,22,26). The Bertz CT molecular complexity index is 786. The van der Waals surface area contributed by atoms with Crippen LogP contribution in [0.15, 0.2) is 18.2 Å². The Labute approximate surface area is 151 Å². The van der Waals surface area contributed by atoms with Crippen molar-refractivity contribution < 1.29 is 13.6 Å². The second-order valence-corrected chi connectivity index (χ2v) is 6.55. The summed E-state index contributed by atoms with van der Waals surface area (Å²) in [6.45, 7) is 5.42. The molecule has 1 aliphatic rings. The molecule has 1 unspecified atom stereocenters. The highest BCUT2D eigenvalue weighted by atomic mass is 19.1. The van der Waals surface area contributed by atoms with Crippen LogP contribution < -0.4 is 10.6 Å². The molecule has 0 radical (unpaired) electrons. The number of hydrogen-bond donors (Lipinski definition) is 2. The van der Waals surface area contributed by atoms with Crippen molar-refractivity contribution in [1.29, 1.82) is 0 Å². The molecular formula is C18H23F2N5O. The molecule has 1 amide bonds. The van der Waals surface area contributed by atoms with Gasteiger partial charge in [0.2, 0.25) is 0 Å². The zero-order valence-corrected chi connectivity index (χ0v) is 14.9. The van der Waals surface area contributed by atoms with Gasteiger partial charge in [-0.2, -0.15) is 0 Å². The van der Waals surface area contributed by atoms with Gasteiger partial charge in [0, 0.05) is 5.56 Å². The summed E-state index contributed by atoms with van der Waals surface area (Å²) in [4.78, 5) is 12.6. The third-order valence-corrected chi connectivity index (χ3v) is 4.84. The summed E-state index contributed by atoms with van der Waals surface area (Å²) in [6, 6.07) is 2.82. The van der Waals surface area contributed by atoms with Crippen LogP contribution in [0.25, 0.3) is 0 Å². The van der Waals surface area contributed by atoms with E-state index in [2.05, 4.69) is 20.9 Å². The SMILES string of the molecule is CCC(NC(=O)c1nnn(C2CCNCC2)c1C)c1cc(F)ccc1F. The summed E-state index contributed by atoms with van der Waals surface area (Å²) in [6.07, 6.45) is 2.28. The van der Waals surface area contributed by atoms with Crippen LogP contribution in [0.4, 0.5) is 8.78 Å². The normalized spacial score (nSPS) is 16.5. The van der Waals surface area contributed by atoms with Gasteiger partial charge in [-0.3, -0.25) is 4.79 Å². The highest BCUT2D eigenvalue weighted by Gasteiger charge is 2.25. The average molecular weight is 363 g/mol. The lowest BCUT2D eigenvalue weighted by Gasteiger charge is -2.23. The van der Waals surface area contributed by atoms with Gasteiger partial charge in [-0.15, -0.1) is 5.10 Å². The minimum Gasteiger partial charge on any atom is -0.344 e. The topological polar surface area (TPSA) is 71.8 Å². The lowest BCUT2D eigenvalue weighted by Crippen LogP contribution is -2.31. The summed E-state index contributed by atoms with van der Waals surface area (Å²) in [5.41, 5.74) is 1.03. The predicted octanol–water partition coefficient (Wildman–Crippen LogP) is 2.67. The maximum atomic E-state index is 14.0. The number of amides is 1. The number of rotatable bonds is 5. The van der Waals surface area contributed by atoms with Crippen molar-refractivity contribution in [1.82, 2.24) is 25.6 Å². The number of carbonyl (C=O) groups excluding carboxylic acids is 1. The molecule has 140 valence electrons. The zero-order valence-electron chi connectivity index (χ0n) is 14.9. The number of aromatic nitrogens is 3. The van der Waals surface area contributed by atoms with E-state index in [1.807, 2.05) is 0 Å². The Morgan fingerprint density at radius 2 is 2.12 bits per heavy atom. The lowest BCUT2D eigenvalue weighted by atomic mass is 10.0. The molecule has 2 aromatic rings. The van der Waals surface area contributed by atoms with Gasteiger partial charge in [0.25, 0.3) is 5.91 Å². The number of hydrogen-bond acceptors (Lipinski definition) is 4. The van der Waals surface area contributed by atoms with Crippen molar-refractivity contribution >= 4 is 5.91 Å². The Hall–Kier alpha value is -2.35. The smallest absolute Gasteiger partial charge is 0.274 e. The van der Waals surface area contributed by atoms with Crippen LogP contribution >= 0.6 is 0 Å². The molecule has 1 atom stereocenters. The molecule has 2 heterocycles. The van der Waals surface area contributed by atoms with Crippen molar-refractivity contribution in [3.63, 3.8) is 0 Å². The zero-order chi connectivity index (χ0) is 18.7. The fraction of sp³-hybridized carbons (Fsp3) is 0.500. The largest absolute Gasteiger partial charge is 0.344 e. The predicted molar refractivity (Wildman–Crippen MR) is 92.8 cm³/mol. The van der Waals surface area contributed by atoms with Gasteiger partial charge in [0.15, 0.2) is 5.69 Å². The van der Waals surface area contributed by atoms with Gasteiger partial charge in [-0.05, 0) is 57.5 Å². The molecule has 2 N–H and O–H groups in total. The fourth-order valence-electron chi connectivity index (χ4n) is 3.36. The Balaban J connectivity index is 1.78. The van der Waals surface area contributed by atoms with Gasteiger partial charge < -0.3 is 10.6 Å². The molecule has 1 aliphatic heterocycles. The molecule has 1 aromatic heterocycles. The van der Waals surface area contributed by atoms with E-state index in [0.717, 1.165) is 44.1 Å². The second kappa shape index (κ2) is 7.90. The molecule has 3 rings (SSSR count). The van der Waals surface area contributed by atoms with Gasteiger partial charge in [-0.25, -0.2) is 13.5 Å². The molecule has 6 nitrogen and oxygen atoms in total. The number of piperidine rings is 1. The summed E-state index contributed by atoms with van der Waals surface area (Å²) >= 11 is 0. The Morgan fingerprint density at radius 3 is 2.81 bits per heavy atom. The molecule has 0 aliphatic carbocycles. The summed E-state index contributed by atoms with van der Waals surface area (Å²) in [5.74, 6) is -1.52. The van der Waals surface area contributed by atoms with E-state index in [-0.39, 0.29) is 17.3 Å². The Morgan fingerprint density at radius 1 is 1.38 bits per heavy atom. The van der Waals surface area contributed by atoms with Gasteiger partial charge in [-0.1, -0.05) is 12.1 Å². The minimum absolute atomic E-state index is 0.129. The van der Waals surface area contributed by atoms with Gasteiger partial charge in [0.1, 0.15) is 11.6 Å².